The number of thiazole rings is 1. The first-order chi connectivity index (χ1) is 13.3. The zero-order chi connectivity index (χ0) is 20.3. The van der Waals surface area contributed by atoms with E-state index in [1.807, 2.05) is 18.9 Å². The summed E-state index contributed by atoms with van der Waals surface area (Å²) in [6.45, 7) is 4.39. The summed E-state index contributed by atoms with van der Waals surface area (Å²) in [6.07, 6.45) is 2.68. The predicted octanol–water partition coefficient (Wildman–Crippen LogP) is 2.16. The summed E-state index contributed by atoms with van der Waals surface area (Å²) in [7, 11) is -1.83. The standard InChI is InChI=1S/C17H23N5O4S2/c1-3-13-11-19-17(27-13)12-18-15-5-4-14(10-16(15)22(23)24)28(25,26)21-8-6-20(2)7-9-21/h4-5,10-11,18H,3,6-9,12H2,1-2H3. The maximum absolute atomic E-state index is 12.9. The highest BCUT2D eigenvalue weighted by Gasteiger charge is 2.29. The van der Waals surface area contributed by atoms with Crippen molar-refractivity contribution < 1.29 is 13.3 Å². The molecule has 1 aromatic carbocycles. The first-order valence-corrected chi connectivity index (χ1v) is 11.2. The van der Waals surface area contributed by atoms with E-state index in [0.29, 0.717) is 32.7 Å². The molecule has 0 amide bonds. The summed E-state index contributed by atoms with van der Waals surface area (Å²) in [4.78, 5) is 18.4. The number of hydrogen-bond donors (Lipinski definition) is 1. The van der Waals surface area contributed by atoms with Gasteiger partial charge in [-0.25, -0.2) is 13.4 Å². The summed E-state index contributed by atoms with van der Waals surface area (Å²) in [5, 5.41) is 15.3. The molecule has 3 rings (SSSR count). The van der Waals surface area contributed by atoms with Gasteiger partial charge < -0.3 is 10.2 Å². The third kappa shape index (κ3) is 4.49. The zero-order valence-electron chi connectivity index (χ0n) is 15.8. The van der Waals surface area contributed by atoms with Gasteiger partial charge in [-0.15, -0.1) is 11.3 Å². The smallest absolute Gasteiger partial charge is 0.293 e. The van der Waals surface area contributed by atoms with E-state index in [0.717, 1.165) is 22.4 Å². The number of hydrogen-bond acceptors (Lipinski definition) is 8. The molecule has 1 aliphatic heterocycles. The molecule has 0 bridgehead atoms. The lowest BCUT2D eigenvalue weighted by molar-refractivity contribution is -0.384. The van der Waals surface area contributed by atoms with Gasteiger partial charge in [-0.05, 0) is 25.6 Å². The average Bonchev–Trinajstić information content (AvgIpc) is 3.14. The number of piperazine rings is 1. The molecule has 1 fully saturated rings. The maximum atomic E-state index is 12.9. The number of aryl methyl sites for hydroxylation is 1. The minimum Gasteiger partial charge on any atom is -0.373 e. The van der Waals surface area contributed by atoms with Crippen LogP contribution in [0.25, 0.3) is 0 Å². The number of nitro groups is 1. The van der Waals surface area contributed by atoms with Gasteiger partial charge in [0.25, 0.3) is 5.69 Å². The highest BCUT2D eigenvalue weighted by molar-refractivity contribution is 7.89. The summed E-state index contributed by atoms with van der Waals surface area (Å²) in [5.74, 6) is 0. The molecule has 2 aromatic rings. The molecule has 0 saturated carbocycles. The van der Waals surface area contributed by atoms with Crippen molar-refractivity contribution in [3.05, 3.63) is 44.4 Å². The fourth-order valence-corrected chi connectivity index (χ4v) is 5.16. The second-order valence-electron chi connectivity index (χ2n) is 6.57. The Morgan fingerprint density at radius 2 is 2.00 bits per heavy atom. The number of rotatable bonds is 7. The van der Waals surface area contributed by atoms with Crippen molar-refractivity contribution in [1.82, 2.24) is 14.2 Å². The van der Waals surface area contributed by atoms with E-state index >= 15 is 0 Å². The van der Waals surface area contributed by atoms with E-state index in [-0.39, 0.29) is 16.3 Å². The Morgan fingerprint density at radius 3 is 2.61 bits per heavy atom. The van der Waals surface area contributed by atoms with Crippen LogP contribution in [0.4, 0.5) is 11.4 Å². The summed E-state index contributed by atoms with van der Waals surface area (Å²) in [6, 6.07) is 4.01. The van der Waals surface area contributed by atoms with Crippen LogP contribution in [0.1, 0.15) is 16.8 Å². The van der Waals surface area contributed by atoms with Gasteiger partial charge >= 0.3 is 0 Å². The molecule has 1 aliphatic rings. The van der Waals surface area contributed by atoms with Crippen molar-refractivity contribution in [3.8, 4) is 0 Å². The molecular formula is C17H23N5O4S2. The zero-order valence-corrected chi connectivity index (χ0v) is 17.4. The molecule has 0 spiro atoms. The van der Waals surface area contributed by atoms with Gasteiger partial charge in [-0.2, -0.15) is 4.31 Å². The number of nitrogens with zero attached hydrogens (tertiary/aromatic N) is 4. The number of likely N-dealkylation sites (N-methyl/N-ethyl adjacent to an activating group) is 1. The molecular weight excluding hydrogens is 402 g/mol. The minimum atomic E-state index is -3.76. The predicted molar refractivity (Wildman–Crippen MR) is 108 cm³/mol. The third-order valence-corrected chi connectivity index (χ3v) is 7.68. The molecule has 152 valence electrons. The lowest BCUT2D eigenvalue weighted by Gasteiger charge is -2.31. The molecule has 2 heterocycles. The molecule has 0 aliphatic carbocycles. The van der Waals surface area contributed by atoms with Gasteiger partial charge in [-0.1, -0.05) is 6.92 Å². The van der Waals surface area contributed by atoms with Crippen molar-refractivity contribution in [3.63, 3.8) is 0 Å². The first kappa shape index (κ1) is 20.6. The van der Waals surface area contributed by atoms with Crippen LogP contribution in [-0.4, -0.2) is 60.8 Å². The van der Waals surface area contributed by atoms with Crippen LogP contribution in [0.15, 0.2) is 29.3 Å². The lowest BCUT2D eigenvalue weighted by atomic mass is 10.2. The SMILES string of the molecule is CCc1cnc(CNc2ccc(S(=O)(=O)N3CCN(C)CC3)cc2[N+](=O)[O-])s1. The number of sulfonamides is 1. The average molecular weight is 426 g/mol. The second-order valence-corrected chi connectivity index (χ2v) is 9.71. The van der Waals surface area contributed by atoms with Crippen LogP contribution in [0, 0.1) is 10.1 Å². The van der Waals surface area contributed by atoms with Crippen molar-refractivity contribution in [2.75, 3.05) is 38.5 Å². The first-order valence-electron chi connectivity index (χ1n) is 8.96. The van der Waals surface area contributed by atoms with Gasteiger partial charge in [0.1, 0.15) is 10.7 Å². The van der Waals surface area contributed by atoms with E-state index in [1.54, 1.807) is 17.5 Å². The fourth-order valence-electron chi connectivity index (χ4n) is 2.91. The van der Waals surface area contributed by atoms with Gasteiger partial charge in [0, 0.05) is 43.3 Å². The lowest BCUT2D eigenvalue weighted by Crippen LogP contribution is -2.47. The van der Waals surface area contributed by atoms with Crippen molar-refractivity contribution >= 4 is 32.7 Å². The second kappa shape index (κ2) is 8.52. The monoisotopic (exact) mass is 425 g/mol. The number of anilines is 1. The van der Waals surface area contributed by atoms with Crippen molar-refractivity contribution in [1.29, 1.82) is 0 Å². The van der Waals surface area contributed by atoms with Gasteiger partial charge in [0.15, 0.2) is 0 Å². The number of aromatic nitrogens is 1. The molecule has 0 atom stereocenters. The molecule has 11 heteroatoms. The molecule has 0 radical (unpaired) electrons. The molecule has 1 aromatic heterocycles. The van der Waals surface area contributed by atoms with E-state index in [9.17, 15) is 18.5 Å². The Hall–Kier alpha value is -2.08. The molecule has 1 N–H and O–H groups in total. The van der Waals surface area contributed by atoms with Gasteiger partial charge in [-0.3, -0.25) is 10.1 Å². The Morgan fingerprint density at radius 1 is 1.29 bits per heavy atom. The molecule has 1 saturated heterocycles. The topological polar surface area (TPSA) is 109 Å². The van der Waals surface area contributed by atoms with Crippen LogP contribution in [0.2, 0.25) is 0 Å². The summed E-state index contributed by atoms with van der Waals surface area (Å²) >= 11 is 1.54. The van der Waals surface area contributed by atoms with Crippen LogP contribution < -0.4 is 5.32 Å². The highest BCUT2D eigenvalue weighted by atomic mass is 32.2. The normalized spacial score (nSPS) is 16.2. The number of benzene rings is 1. The van der Waals surface area contributed by atoms with Crippen LogP contribution in [0.5, 0.6) is 0 Å². The Bertz CT molecular complexity index is 952. The fraction of sp³-hybridized carbons (Fsp3) is 0.471. The molecule has 28 heavy (non-hydrogen) atoms. The molecule has 9 nitrogen and oxygen atoms in total. The number of nitrogens with one attached hydrogen (secondary N) is 1. The Kier molecular flexibility index (Phi) is 6.28. The Labute approximate surface area is 168 Å². The van der Waals surface area contributed by atoms with Crippen LogP contribution in [-0.2, 0) is 23.0 Å². The third-order valence-electron chi connectivity index (χ3n) is 4.65. The maximum Gasteiger partial charge on any atom is 0.293 e. The molecule has 0 unspecified atom stereocenters. The van der Waals surface area contributed by atoms with Crippen LogP contribution in [0.3, 0.4) is 0 Å². The number of nitro benzene ring substituents is 1. The summed E-state index contributed by atoms with van der Waals surface area (Å²) in [5.41, 5.74) is 0.0121. The minimum absolute atomic E-state index is 0.0585. The quantitative estimate of drug-likeness (QED) is 0.535. The van der Waals surface area contributed by atoms with Crippen LogP contribution >= 0.6 is 11.3 Å². The van der Waals surface area contributed by atoms with E-state index in [1.165, 1.54) is 16.4 Å². The van der Waals surface area contributed by atoms with E-state index in [4.69, 9.17) is 0 Å². The van der Waals surface area contributed by atoms with Crippen molar-refractivity contribution in [2.45, 2.75) is 24.8 Å². The largest absolute Gasteiger partial charge is 0.373 e. The summed E-state index contributed by atoms with van der Waals surface area (Å²) < 4.78 is 27.1. The van der Waals surface area contributed by atoms with Crippen molar-refractivity contribution in [2.24, 2.45) is 0 Å². The van der Waals surface area contributed by atoms with Gasteiger partial charge in [0.05, 0.1) is 16.4 Å². The van der Waals surface area contributed by atoms with E-state index < -0.39 is 14.9 Å². The Balaban J connectivity index is 1.81. The van der Waals surface area contributed by atoms with Gasteiger partial charge in [0.2, 0.25) is 10.0 Å². The van der Waals surface area contributed by atoms with E-state index in [2.05, 4.69) is 10.3 Å². The highest BCUT2D eigenvalue weighted by Crippen LogP contribution is 2.30.